The highest BCUT2D eigenvalue weighted by Crippen LogP contribution is 2.24. The zero-order valence-electron chi connectivity index (χ0n) is 10.2. The minimum atomic E-state index is -0.00447. The Balaban J connectivity index is 2.15. The second-order valence-electron chi connectivity index (χ2n) is 4.14. The number of aliphatic hydroxyl groups excluding tert-OH is 1. The van der Waals surface area contributed by atoms with Crippen molar-refractivity contribution in [3.05, 3.63) is 63.6 Å². The van der Waals surface area contributed by atoms with Crippen LogP contribution in [-0.2, 0) is 13.2 Å². The summed E-state index contributed by atoms with van der Waals surface area (Å²) in [6.07, 6.45) is 0. The Morgan fingerprint density at radius 3 is 2.67 bits per heavy atom. The zero-order chi connectivity index (χ0) is 13.0. The molecule has 2 aromatic rings. The molecule has 0 spiro atoms. The van der Waals surface area contributed by atoms with Crippen LogP contribution in [0.4, 0.5) is 0 Å². The summed E-state index contributed by atoms with van der Waals surface area (Å²) in [4.78, 5) is 0. The molecule has 0 saturated heterocycles. The van der Waals surface area contributed by atoms with Crippen molar-refractivity contribution in [3.8, 4) is 5.75 Å². The van der Waals surface area contributed by atoms with Crippen LogP contribution >= 0.6 is 15.9 Å². The maximum Gasteiger partial charge on any atom is 0.128 e. The van der Waals surface area contributed by atoms with Gasteiger partial charge in [0.15, 0.2) is 0 Å². The standard InChI is InChI=1S/C15H15BrO2/c1-11-4-2-6-13(9-17)15(11)18-10-12-5-3-7-14(16)8-12/h2-8,17H,9-10H2,1H3. The minimum absolute atomic E-state index is 0.00447. The van der Waals surface area contributed by atoms with Crippen LogP contribution in [0.5, 0.6) is 5.75 Å². The molecule has 0 atom stereocenters. The van der Waals surface area contributed by atoms with E-state index in [0.29, 0.717) is 6.61 Å². The third kappa shape index (κ3) is 3.12. The van der Waals surface area contributed by atoms with E-state index in [9.17, 15) is 5.11 Å². The van der Waals surface area contributed by atoms with Gasteiger partial charge in [-0.2, -0.15) is 0 Å². The highest BCUT2D eigenvalue weighted by atomic mass is 79.9. The van der Waals surface area contributed by atoms with E-state index in [-0.39, 0.29) is 6.61 Å². The molecule has 0 radical (unpaired) electrons. The smallest absolute Gasteiger partial charge is 0.128 e. The monoisotopic (exact) mass is 306 g/mol. The number of halogens is 1. The number of rotatable bonds is 4. The van der Waals surface area contributed by atoms with Crippen molar-refractivity contribution in [1.82, 2.24) is 0 Å². The Labute approximate surface area is 115 Å². The molecule has 0 bridgehead atoms. The maximum absolute atomic E-state index is 9.30. The number of para-hydroxylation sites is 1. The van der Waals surface area contributed by atoms with E-state index >= 15 is 0 Å². The number of aliphatic hydroxyl groups is 1. The molecule has 2 aromatic carbocycles. The van der Waals surface area contributed by atoms with E-state index < -0.39 is 0 Å². The molecule has 0 aromatic heterocycles. The molecule has 0 aliphatic rings. The second kappa shape index (κ2) is 6.03. The summed E-state index contributed by atoms with van der Waals surface area (Å²) in [7, 11) is 0. The molecule has 3 heteroatoms. The first-order chi connectivity index (χ1) is 8.70. The number of hydrogen-bond acceptors (Lipinski definition) is 2. The summed E-state index contributed by atoms with van der Waals surface area (Å²) in [5.74, 6) is 0.778. The molecular formula is C15H15BrO2. The molecule has 0 fully saturated rings. The van der Waals surface area contributed by atoms with E-state index in [0.717, 1.165) is 26.9 Å². The van der Waals surface area contributed by atoms with Gasteiger partial charge in [0.1, 0.15) is 12.4 Å². The van der Waals surface area contributed by atoms with Crippen LogP contribution in [0.25, 0.3) is 0 Å². The van der Waals surface area contributed by atoms with E-state index in [1.165, 1.54) is 0 Å². The van der Waals surface area contributed by atoms with Gasteiger partial charge < -0.3 is 9.84 Å². The largest absolute Gasteiger partial charge is 0.488 e. The molecule has 0 aliphatic carbocycles. The molecule has 0 aliphatic heterocycles. The highest BCUT2D eigenvalue weighted by molar-refractivity contribution is 9.10. The van der Waals surface area contributed by atoms with Gasteiger partial charge in [0.05, 0.1) is 6.61 Å². The molecule has 18 heavy (non-hydrogen) atoms. The fourth-order valence-electron chi connectivity index (χ4n) is 1.83. The van der Waals surface area contributed by atoms with Gasteiger partial charge in [-0.1, -0.05) is 46.3 Å². The van der Waals surface area contributed by atoms with Crippen LogP contribution in [0, 0.1) is 6.92 Å². The number of benzene rings is 2. The number of ether oxygens (including phenoxy) is 1. The quantitative estimate of drug-likeness (QED) is 0.930. The molecular weight excluding hydrogens is 292 g/mol. The SMILES string of the molecule is Cc1cccc(CO)c1OCc1cccc(Br)c1. The third-order valence-electron chi connectivity index (χ3n) is 2.74. The average molecular weight is 307 g/mol. The van der Waals surface area contributed by atoms with Gasteiger partial charge >= 0.3 is 0 Å². The average Bonchev–Trinajstić information content (AvgIpc) is 2.37. The van der Waals surface area contributed by atoms with E-state index in [1.807, 2.05) is 49.4 Å². The van der Waals surface area contributed by atoms with E-state index in [1.54, 1.807) is 0 Å². The van der Waals surface area contributed by atoms with Crippen molar-refractivity contribution in [1.29, 1.82) is 0 Å². The fraction of sp³-hybridized carbons (Fsp3) is 0.200. The predicted molar refractivity (Wildman–Crippen MR) is 75.6 cm³/mol. The maximum atomic E-state index is 9.30. The van der Waals surface area contributed by atoms with Gasteiger partial charge in [0.2, 0.25) is 0 Å². The summed E-state index contributed by atoms with van der Waals surface area (Å²) in [5.41, 5.74) is 2.96. The Morgan fingerprint density at radius 1 is 1.17 bits per heavy atom. The summed E-state index contributed by atoms with van der Waals surface area (Å²) in [6, 6.07) is 13.8. The van der Waals surface area contributed by atoms with Gasteiger partial charge in [0, 0.05) is 10.0 Å². The predicted octanol–water partition coefficient (Wildman–Crippen LogP) is 3.83. The van der Waals surface area contributed by atoms with Gasteiger partial charge in [-0.15, -0.1) is 0 Å². The highest BCUT2D eigenvalue weighted by Gasteiger charge is 2.06. The van der Waals surface area contributed by atoms with Crippen molar-refractivity contribution in [2.75, 3.05) is 0 Å². The second-order valence-corrected chi connectivity index (χ2v) is 5.06. The lowest BCUT2D eigenvalue weighted by molar-refractivity contribution is 0.258. The lowest BCUT2D eigenvalue weighted by Crippen LogP contribution is -2.00. The van der Waals surface area contributed by atoms with Crippen molar-refractivity contribution in [2.45, 2.75) is 20.1 Å². The molecule has 2 rings (SSSR count). The Hall–Kier alpha value is -1.32. The van der Waals surface area contributed by atoms with Crippen molar-refractivity contribution < 1.29 is 9.84 Å². The van der Waals surface area contributed by atoms with Gasteiger partial charge in [-0.25, -0.2) is 0 Å². The first-order valence-corrected chi connectivity index (χ1v) is 6.56. The summed E-state index contributed by atoms with van der Waals surface area (Å²) < 4.78 is 6.86. The van der Waals surface area contributed by atoms with Crippen LogP contribution in [-0.4, -0.2) is 5.11 Å². The molecule has 1 N–H and O–H groups in total. The van der Waals surface area contributed by atoms with Crippen molar-refractivity contribution in [3.63, 3.8) is 0 Å². The molecule has 94 valence electrons. The van der Waals surface area contributed by atoms with Crippen LogP contribution < -0.4 is 4.74 Å². The van der Waals surface area contributed by atoms with Gasteiger partial charge in [-0.05, 0) is 30.2 Å². The summed E-state index contributed by atoms with van der Waals surface area (Å²) >= 11 is 3.44. The van der Waals surface area contributed by atoms with Crippen LogP contribution in [0.3, 0.4) is 0 Å². The van der Waals surface area contributed by atoms with E-state index in [4.69, 9.17) is 4.74 Å². The topological polar surface area (TPSA) is 29.5 Å². The first kappa shape index (κ1) is 13.1. The fourth-order valence-corrected chi connectivity index (χ4v) is 2.27. The lowest BCUT2D eigenvalue weighted by Gasteiger charge is -2.13. The van der Waals surface area contributed by atoms with Gasteiger partial charge in [-0.3, -0.25) is 0 Å². The molecule has 0 heterocycles. The first-order valence-electron chi connectivity index (χ1n) is 5.77. The number of aryl methyl sites for hydroxylation is 1. The molecule has 2 nitrogen and oxygen atoms in total. The Bertz CT molecular complexity index is 538. The number of hydrogen-bond donors (Lipinski definition) is 1. The Kier molecular flexibility index (Phi) is 4.39. The molecule has 0 amide bonds. The van der Waals surface area contributed by atoms with Crippen LogP contribution in [0.1, 0.15) is 16.7 Å². The van der Waals surface area contributed by atoms with E-state index in [2.05, 4.69) is 15.9 Å². The normalized spacial score (nSPS) is 10.4. The lowest BCUT2D eigenvalue weighted by atomic mass is 10.1. The van der Waals surface area contributed by atoms with Crippen molar-refractivity contribution in [2.24, 2.45) is 0 Å². The van der Waals surface area contributed by atoms with Crippen molar-refractivity contribution >= 4 is 15.9 Å². The summed E-state index contributed by atoms with van der Waals surface area (Å²) in [6.45, 7) is 2.47. The molecule has 0 unspecified atom stereocenters. The third-order valence-corrected chi connectivity index (χ3v) is 3.23. The summed E-state index contributed by atoms with van der Waals surface area (Å²) in [5, 5.41) is 9.30. The van der Waals surface area contributed by atoms with Gasteiger partial charge in [0.25, 0.3) is 0 Å². The van der Waals surface area contributed by atoms with Crippen LogP contribution in [0.15, 0.2) is 46.9 Å². The minimum Gasteiger partial charge on any atom is -0.488 e. The zero-order valence-corrected chi connectivity index (χ0v) is 11.8. The molecule has 0 saturated carbocycles. The van der Waals surface area contributed by atoms with Crippen LogP contribution in [0.2, 0.25) is 0 Å². The Morgan fingerprint density at radius 2 is 1.94 bits per heavy atom.